The zero-order chi connectivity index (χ0) is 31.7. The molecule has 0 aliphatic heterocycles. The maximum atomic E-state index is 14.4. The quantitative estimate of drug-likeness (QED) is 0.166. The molecule has 44 heavy (non-hydrogen) atoms. The summed E-state index contributed by atoms with van der Waals surface area (Å²) in [5, 5.41) is 3.80. The Bertz CT molecular complexity index is 1670. The van der Waals surface area contributed by atoms with Crippen molar-refractivity contribution in [2.75, 3.05) is 17.4 Å². The molecule has 0 spiro atoms. The van der Waals surface area contributed by atoms with Gasteiger partial charge in [-0.25, -0.2) is 8.42 Å². The first-order valence-electron chi connectivity index (χ1n) is 14.0. The first-order valence-corrected chi connectivity index (χ1v) is 16.6. The summed E-state index contributed by atoms with van der Waals surface area (Å²) in [7, 11) is -4.28. The highest BCUT2D eigenvalue weighted by Gasteiger charge is 2.35. The molecule has 0 radical (unpaired) electrons. The molecule has 0 fully saturated rings. The van der Waals surface area contributed by atoms with Gasteiger partial charge in [-0.2, -0.15) is 0 Å². The molecule has 0 aromatic heterocycles. The molecule has 0 saturated carbocycles. The lowest BCUT2D eigenvalue weighted by molar-refractivity contribution is -0.140. The molecule has 4 aromatic rings. The van der Waals surface area contributed by atoms with Gasteiger partial charge in [-0.3, -0.25) is 13.9 Å². The number of carbonyl (C=O) groups excluding carboxylic acids is 2. The summed E-state index contributed by atoms with van der Waals surface area (Å²) in [4.78, 5) is 29.5. The number of nitrogens with zero attached hydrogens (tertiary/aromatic N) is 2. The van der Waals surface area contributed by atoms with Crippen LogP contribution in [0.3, 0.4) is 0 Å². The Hall–Kier alpha value is -3.56. The SMILES string of the molecule is CCCNC(=O)C(Cc1ccccc1)N(Cc1ccc(Cl)cc1)C(=O)CN(c1ccc(Cl)cc1Cl)S(=O)(=O)c1ccccc1. The molecular formula is C33H32Cl3N3O4S. The third kappa shape index (κ3) is 8.54. The van der Waals surface area contributed by atoms with Crippen molar-refractivity contribution in [2.24, 2.45) is 0 Å². The fourth-order valence-electron chi connectivity index (χ4n) is 4.62. The van der Waals surface area contributed by atoms with Gasteiger partial charge in [0.15, 0.2) is 0 Å². The van der Waals surface area contributed by atoms with Crippen LogP contribution in [-0.4, -0.2) is 44.3 Å². The Morgan fingerprint density at radius 2 is 1.41 bits per heavy atom. The molecule has 0 bridgehead atoms. The van der Waals surface area contributed by atoms with Crippen molar-refractivity contribution in [3.8, 4) is 0 Å². The van der Waals surface area contributed by atoms with Crippen molar-refractivity contribution >= 4 is 62.3 Å². The van der Waals surface area contributed by atoms with Gasteiger partial charge < -0.3 is 10.2 Å². The molecule has 4 rings (SSSR count). The molecule has 11 heteroatoms. The number of halogens is 3. The van der Waals surface area contributed by atoms with E-state index in [0.29, 0.717) is 28.6 Å². The van der Waals surface area contributed by atoms with Gasteiger partial charge in [0.2, 0.25) is 11.8 Å². The number of anilines is 1. The molecule has 1 N–H and O–H groups in total. The highest BCUT2D eigenvalue weighted by molar-refractivity contribution is 7.92. The third-order valence-electron chi connectivity index (χ3n) is 6.87. The summed E-state index contributed by atoms with van der Waals surface area (Å²) >= 11 is 18.8. The van der Waals surface area contributed by atoms with E-state index in [2.05, 4.69) is 5.32 Å². The Morgan fingerprint density at radius 1 is 0.795 bits per heavy atom. The van der Waals surface area contributed by atoms with Crippen molar-refractivity contribution in [3.63, 3.8) is 0 Å². The van der Waals surface area contributed by atoms with Crippen LogP contribution in [0.1, 0.15) is 24.5 Å². The number of sulfonamides is 1. The maximum absolute atomic E-state index is 14.4. The van der Waals surface area contributed by atoms with E-state index in [1.165, 1.54) is 35.2 Å². The topological polar surface area (TPSA) is 86.8 Å². The molecule has 0 aliphatic rings. The Balaban J connectivity index is 1.81. The van der Waals surface area contributed by atoms with Gasteiger partial charge in [0, 0.05) is 29.6 Å². The van der Waals surface area contributed by atoms with Gasteiger partial charge in [-0.05, 0) is 60.0 Å². The van der Waals surface area contributed by atoms with Gasteiger partial charge in [-0.15, -0.1) is 0 Å². The van der Waals surface area contributed by atoms with E-state index < -0.39 is 28.5 Å². The van der Waals surface area contributed by atoms with E-state index in [1.807, 2.05) is 37.3 Å². The lowest BCUT2D eigenvalue weighted by atomic mass is 10.0. The minimum atomic E-state index is -4.28. The maximum Gasteiger partial charge on any atom is 0.264 e. The molecule has 230 valence electrons. The molecule has 1 atom stereocenters. The van der Waals surface area contributed by atoms with Gasteiger partial charge in [0.1, 0.15) is 12.6 Å². The zero-order valence-corrected chi connectivity index (χ0v) is 27.1. The van der Waals surface area contributed by atoms with Crippen molar-refractivity contribution in [2.45, 2.75) is 37.2 Å². The van der Waals surface area contributed by atoms with Gasteiger partial charge in [-0.1, -0.05) is 102 Å². The van der Waals surface area contributed by atoms with E-state index in [9.17, 15) is 18.0 Å². The Morgan fingerprint density at radius 3 is 2.02 bits per heavy atom. The lowest BCUT2D eigenvalue weighted by Gasteiger charge is -2.34. The number of benzene rings is 4. The average molecular weight is 673 g/mol. The lowest BCUT2D eigenvalue weighted by Crippen LogP contribution is -2.53. The molecule has 0 aliphatic carbocycles. The summed E-state index contributed by atoms with van der Waals surface area (Å²) in [5.41, 5.74) is 1.63. The second-order valence-electron chi connectivity index (χ2n) is 10.1. The summed E-state index contributed by atoms with van der Waals surface area (Å²) in [5.74, 6) is -0.946. The monoisotopic (exact) mass is 671 g/mol. The van der Waals surface area contributed by atoms with Crippen molar-refractivity contribution in [1.82, 2.24) is 10.2 Å². The summed E-state index contributed by atoms with van der Waals surface area (Å²) in [6.45, 7) is 1.76. The number of amides is 2. The first kappa shape index (κ1) is 33.3. The number of rotatable bonds is 13. The number of carbonyl (C=O) groups is 2. The largest absolute Gasteiger partial charge is 0.354 e. The smallest absolute Gasteiger partial charge is 0.264 e. The van der Waals surface area contributed by atoms with Crippen LogP contribution in [0.25, 0.3) is 0 Å². The summed E-state index contributed by atoms with van der Waals surface area (Å²) in [6.07, 6.45) is 0.913. The van der Waals surface area contributed by atoms with E-state index in [4.69, 9.17) is 34.8 Å². The van der Waals surface area contributed by atoms with Crippen molar-refractivity contribution in [3.05, 3.63) is 129 Å². The van der Waals surface area contributed by atoms with Crippen molar-refractivity contribution in [1.29, 1.82) is 0 Å². The van der Waals surface area contributed by atoms with Gasteiger partial charge >= 0.3 is 0 Å². The summed E-state index contributed by atoms with van der Waals surface area (Å²) < 4.78 is 29.0. The molecule has 0 heterocycles. The second kappa shape index (κ2) is 15.4. The number of nitrogens with one attached hydrogen (secondary N) is 1. The zero-order valence-electron chi connectivity index (χ0n) is 24.0. The van der Waals surface area contributed by atoms with E-state index in [0.717, 1.165) is 9.87 Å². The molecule has 4 aromatic carbocycles. The Kier molecular flexibility index (Phi) is 11.7. The molecule has 7 nitrogen and oxygen atoms in total. The number of hydrogen-bond donors (Lipinski definition) is 1. The molecule has 0 saturated heterocycles. The first-order chi connectivity index (χ1) is 21.1. The third-order valence-corrected chi connectivity index (χ3v) is 9.44. The van der Waals surface area contributed by atoms with Crippen LogP contribution in [0, 0.1) is 0 Å². The van der Waals surface area contributed by atoms with E-state index >= 15 is 0 Å². The summed E-state index contributed by atoms with van der Waals surface area (Å²) in [6, 6.07) is 27.5. The van der Waals surface area contributed by atoms with Crippen LogP contribution in [-0.2, 0) is 32.6 Å². The predicted octanol–water partition coefficient (Wildman–Crippen LogP) is 7.01. The number of hydrogen-bond acceptors (Lipinski definition) is 4. The predicted molar refractivity (Wildman–Crippen MR) is 177 cm³/mol. The minimum absolute atomic E-state index is 0.0235. The molecular weight excluding hydrogens is 641 g/mol. The van der Waals surface area contributed by atoms with Crippen LogP contribution in [0.4, 0.5) is 5.69 Å². The van der Waals surface area contributed by atoms with Crippen LogP contribution in [0.2, 0.25) is 15.1 Å². The highest BCUT2D eigenvalue weighted by Crippen LogP contribution is 2.33. The van der Waals surface area contributed by atoms with Crippen LogP contribution >= 0.6 is 34.8 Å². The van der Waals surface area contributed by atoms with Crippen LogP contribution < -0.4 is 9.62 Å². The molecule has 1 unspecified atom stereocenters. The fourth-order valence-corrected chi connectivity index (χ4v) is 6.76. The average Bonchev–Trinajstić information content (AvgIpc) is 3.02. The minimum Gasteiger partial charge on any atom is -0.354 e. The van der Waals surface area contributed by atoms with Crippen molar-refractivity contribution < 1.29 is 18.0 Å². The van der Waals surface area contributed by atoms with Gasteiger partial charge in [0.05, 0.1) is 15.6 Å². The van der Waals surface area contributed by atoms with Gasteiger partial charge in [0.25, 0.3) is 10.0 Å². The normalized spacial score (nSPS) is 11.9. The Labute approximate surface area is 273 Å². The van der Waals surface area contributed by atoms with E-state index in [-0.39, 0.29) is 34.5 Å². The second-order valence-corrected chi connectivity index (χ2v) is 13.2. The molecule has 2 amide bonds. The van der Waals surface area contributed by atoms with Crippen LogP contribution in [0.15, 0.2) is 108 Å². The standard InChI is InChI=1S/C33H32Cl3N3O4S/c1-2-19-37-33(41)31(20-24-9-5-3-6-10-24)38(22-25-13-15-26(34)16-14-25)32(40)23-39(30-18-17-27(35)21-29(30)36)44(42,43)28-11-7-4-8-12-28/h3-18,21,31H,2,19-20,22-23H2,1H3,(H,37,41). The highest BCUT2D eigenvalue weighted by atomic mass is 35.5. The van der Waals surface area contributed by atoms with E-state index in [1.54, 1.807) is 42.5 Å². The fraction of sp³-hybridized carbons (Fsp3) is 0.212. The van der Waals surface area contributed by atoms with Crippen LogP contribution in [0.5, 0.6) is 0 Å².